The van der Waals surface area contributed by atoms with Gasteiger partial charge < -0.3 is 10.2 Å². The van der Waals surface area contributed by atoms with Crippen LogP contribution in [0, 0.1) is 17.6 Å². The minimum absolute atomic E-state index is 0.0186. The monoisotopic (exact) mass is 407 g/mol. The van der Waals surface area contributed by atoms with Gasteiger partial charge in [-0.25, -0.2) is 13.8 Å². The summed E-state index contributed by atoms with van der Waals surface area (Å²) in [5, 5.41) is 3.63. The lowest BCUT2D eigenvalue weighted by Crippen LogP contribution is -2.38. The van der Waals surface area contributed by atoms with Crippen LogP contribution in [0.25, 0.3) is 10.2 Å². The van der Waals surface area contributed by atoms with Gasteiger partial charge in [0.1, 0.15) is 11.6 Å². The molecule has 1 saturated heterocycles. The van der Waals surface area contributed by atoms with Crippen LogP contribution < -0.4 is 10.2 Å². The molecule has 0 radical (unpaired) electrons. The second kappa shape index (κ2) is 7.40. The van der Waals surface area contributed by atoms with Crippen molar-refractivity contribution in [1.29, 1.82) is 0 Å². The Balaban J connectivity index is 1.38. The van der Waals surface area contributed by atoms with Gasteiger partial charge in [-0.2, -0.15) is 0 Å². The highest BCUT2D eigenvalue weighted by Crippen LogP contribution is 2.32. The van der Waals surface area contributed by atoms with Crippen molar-refractivity contribution in [3.63, 3.8) is 0 Å². The highest BCUT2D eigenvalue weighted by molar-refractivity contribution is 7.22. The second-order valence-electron chi connectivity index (χ2n) is 6.49. The van der Waals surface area contributed by atoms with Crippen LogP contribution in [0.2, 0.25) is 5.02 Å². The molecule has 1 amide bonds. The molecule has 1 aromatic heterocycles. The Hall–Kier alpha value is -2.25. The lowest BCUT2D eigenvalue weighted by Gasteiger charge is -2.31. The minimum atomic E-state index is -0.515. The van der Waals surface area contributed by atoms with E-state index in [0.29, 0.717) is 31.6 Å². The Morgan fingerprint density at radius 1 is 1.19 bits per heavy atom. The first kappa shape index (κ1) is 18.1. The Kier molecular flexibility index (Phi) is 4.97. The Morgan fingerprint density at radius 3 is 2.70 bits per heavy atom. The summed E-state index contributed by atoms with van der Waals surface area (Å²) in [6.45, 7) is 1.40. The third-order valence-electron chi connectivity index (χ3n) is 4.66. The molecule has 140 valence electrons. The molecule has 1 aliphatic heterocycles. The van der Waals surface area contributed by atoms with E-state index in [2.05, 4.69) is 15.2 Å². The molecule has 0 atom stereocenters. The average Bonchev–Trinajstić information content (AvgIpc) is 3.08. The molecule has 0 saturated carbocycles. The lowest BCUT2D eigenvalue weighted by atomic mass is 9.96. The van der Waals surface area contributed by atoms with E-state index in [1.807, 2.05) is 0 Å². The van der Waals surface area contributed by atoms with Gasteiger partial charge in [0, 0.05) is 24.7 Å². The van der Waals surface area contributed by atoms with Crippen molar-refractivity contribution in [3.8, 4) is 0 Å². The number of aromatic nitrogens is 1. The number of halogens is 3. The van der Waals surface area contributed by atoms with Crippen molar-refractivity contribution in [2.24, 2.45) is 5.92 Å². The van der Waals surface area contributed by atoms with Crippen LogP contribution in [0.3, 0.4) is 0 Å². The topological polar surface area (TPSA) is 45.2 Å². The summed E-state index contributed by atoms with van der Waals surface area (Å²) in [5.74, 6) is -1.01. The van der Waals surface area contributed by atoms with E-state index in [1.54, 1.807) is 6.07 Å². The maximum atomic E-state index is 13.3. The smallest absolute Gasteiger partial charge is 0.227 e. The summed E-state index contributed by atoms with van der Waals surface area (Å²) in [5.41, 5.74) is 1.27. The van der Waals surface area contributed by atoms with Gasteiger partial charge in [-0.05, 0) is 49.2 Å². The third-order valence-corrected chi connectivity index (χ3v) is 6.03. The van der Waals surface area contributed by atoms with E-state index < -0.39 is 5.82 Å². The molecule has 3 aromatic rings. The molecule has 4 nitrogen and oxygen atoms in total. The number of carbonyl (C=O) groups excluding carboxylic acids is 1. The molecule has 0 aliphatic carbocycles. The molecule has 0 spiro atoms. The number of thiazole rings is 1. The zero-order chi connectivity index (χ0) is 19.0. The summed E-state index contributed by atoms with van der Waals surface area (Å²) >= 11 is 7.21. The second-order valence-corrected chi connectivity index (χ2v) is 7.90. The van der Waals surface area contributed by atoms with Crippen molar-refractivity contribution in [2.75, 3.05) is 23.3 Å². The quantitative estimate of drug-likeness (QED) is 0.658. The molecule has 1 aliphatic rings. The van der Waals surface area contributed by atoms with Gasteiger partial charge in [0.05, 0.1) is 15.2 Å². The fraction of sp³-hybridized carbons (Fsp3) is 0.263. The summed E-state index contributed by atoms with van der Waals surface area (Å²) < 4.78 is 27.4. The van der Waals surface area contributed by atoms with Gasteiger partial charge in [-0.3, -0.25) is 4.79 Å². The largest absolute Gasteiger partial charge is 0.348 e. The van der Waals surface area contributed by atoms with Crippen molar-refractivity contribution in [2.45, 2.75) is 12.8 Å². The number of hydrogen-bond donors (Lipinski definition) is 1. The number of nitrogens with zero attached hydrogens (tertiary/aromatic N) is 2. The highest BCUT2D eigenvalue weighted by atomic mass is 35.5. The number of hydrogen-bond acceptors (Lipinski definition) is 4. The number of rotatable bonds is 3. The highest BCUT2D eigenvalue weighted by Gasteiger charge is 2.26. The maximum absolute atomic E-state index is 13.3. The number of amides is 1. The van der Waals surface area contributed by atoms with Gasteiger partial charge in [-0.15, -0.1) is 0 Å². The van der Waals surface area contributed by atoms with E-state index in [-0.39, 0.29) is 22.7 Å². The van der Waals surface area contributed by atoms with E-state index in [1.165, 1.54) is 41.7 Å². The Bertz CT molecular complexity index is 1000. The molecule has 0 unspecified atom stereocenters. The van der Waals surface area contributed by atoms with Gasteiger partial charge in [0.15, 0.2) is 5.13 Å². The number of carbonyl (C=O) groups is 1. The normalized spacial score (nSPS) is 15.3. The first-order valence-electron chi connectivity index (χ1n) is 8.56. The molecule has 2 heterocycles. The average molecular weight is 408 g/mol. The lowest BCUT2D eigenvalue weighted by molar-refractivity contribution is -0.120. The van der Waals surface area contributed by atoms with Crippen LogP contribution in [-0.2, 0) is 4.79 Å². The summed E-state index contributed by atoms with van der Waals surface area (Å²) in [4.78, 5) is 19.2. The molecule has 8 heteroatoms. The van der Waals surface area contributed by atoms with Crippen molar-refractivity contribution in [1.82, 2.24) is 4.98 Å². The number of anilines is 2. The molecular formula is C19H16ClF2N3OS. The van der Waals surface area contributed by atoms with Crippen LogP contribution in [0.4, 0.5) is 19.6 Å². The molecule has 2 aromatic carbocycles. The van der Waals surface area contributed by atoms with Gasteiger partial charge in [-0.1, -0.05) is 22.9 Å². The number of piperidine rings is 1. The summed E-state index contributed by atoms with van der Waals surface area (Å²) in [6, 6.07) is 8.71. The molecule has 4 rings (SSSR count). The molecule has 1 fully saturated rings. The molecule has 27 heavy (non-hydrogen) atoms. The van der Waals surface area contributed by atoms with Gasteiger partial charge >= 0.3 is 0 Å². The minimum Gasteiger partial charge on any atom is -0.348 e. The summed E-state index contributed by atoms with van der Waals surface area (Å²) in [6.07, 6.45) is 1.37. The zero-order valence-corrected chi connectivity index (χ0v) is 15.8. The van der Waals surface area contributed by atoms with Gasteiger partial charge in [0.2, 0.25) is 5.91 Å². The molecular weight excluding hydrogens is 392 g/mol. The van der Waals surface area contributed by atoms with Crippen LogP contribution in [-0.4, -0.2) is 24.0 Å². The SMILES string of the molecule is O=C(Nc1ccc(F)c(Cl)c1)C1CCN(c2nc3ccc(F)cc3s2)CC1. The Labute approximate surface area is 163 Å². The van der Waals surface area contributed by atoms with Crippen molar-refractivity contribution in [3.05, 3.63) is 53.1 Å². The van der Waals surface area contributed by atoms with E-state index in [9.17, 15) is 13.6 Å². The number of nitrogens with one attached hydrogen (secondary N) is 1. The van der Waals surface area contributed by atoms with Gasteiger partial charge in [0.25, 0.3) is 0 Å². The van der Waals surface area contributed by atoms with E-state index in [0.717, 1.165) is 15.3 Å². The predicted octanol–water partition coefficient (Wildman–Crippen LogP) is 5.08. The van der Waals surface area contributed by atoms with Crippen molar-refractivity contribution < 1.29 is 13.6 Å². The van der Waals surface area contributed by atoms with E-state index in [4.69, 9.17) is 11.6 Å². The molecule has 1 N–H and O–H groups in total. The third kappa shape index (κ3) is 3.89. The van der Waals surface area contributed by atoms with Crippen molar-refractivity contribution >= 4 is 49.9 Å². The maximum Gasteiger partial charge on any atom is 0.227 e. The summed E-state index contributed by atoms with van der Waals surface area (Å²) in [7, 11) is 0. The van der Waals surface area contributed by atoms with Crippen LogP contribution >= 0.6 is 22.9 Å². The van der Waals surface area contributed by atoms with Crippen LogP contribution in [0.15, 0.2) is 36.4 Å². The predicted molar refractivity (Wildman–Crippen MR) is 105 cm³/mol. The van der Waals surface area contributed by atoms with Crippen LogP contribution in [0.1, 0.15) is 12.8 Å². The first-order chi connectivity index (χ1) is 13.0. The fourth-order valence-electron chi connectivity index (χ4n) is 3.17. The number of fused-ring (bicyclic) bond motifs is 1. The fourth-order valence-corrected chi connectivity index (χ4v) is 4.40. The standard InChI is InChI=1S/C19H16ClF2N3OS/c20-14-10-13(2-3-15(14)22)23-18(26)11-5-7-25(8-6-11)19-24-16-4-1-12(21)9-17(16)27-19/h1-4,9-11H,5-8H2,(H,23,26). The van der Waals surface area contributed by atoms with Crippen LogP contribution in [0.5, 0.6) is 0 Å². The molecule has 0 bridgehead atoms. The zero-order valence-electron chi connectivity index (χ0n) is 14.2. The first-order valence-corrected chi connectivity index (χ1v) is 9.76. The van der Waals surface area contributed by atoms with E-state index >= 15 is 0 Å². The Morgan fingerprint density at radius 2 is 1.96 bits per heavy atom. The number of benzene rings is 2.